The SMILES string of the molecule is CCC(O)CN(Cc1ccccc1)C(=O)Nc1ccnn1C(C)C. The maximum Gasteiger partial charge on any atom is 0.323 e. The van der Waals surface area contributed by atoms with E-state index in [1.54, 1.807) is 21.8 Å². The lowest BCUT2D eigenvalue weighted by molar-refractivity contribution is 0.119. The smallest absolute Gasteiger partial charge is 0.323 e. The van der Waals surface area contributed by atoms with Crippen molar-refractivity contribution in [2.24, 2.45) is 0 Å². The van der Waals surface area contributed by atoms with Crippen molar-refractivity contribution < 1.29 is 9.90 Å². The number of carbonyl (C=O) groups excluding carboxylic acids is 1. The van der Waals surface area contributed by atoms with Crippen molar-refractivity contribution in [3.05, 3.63) is 48.2 Å². The maximum atomic E-state index is 12.7. The summed E-state index contributed by atoms with van der Waals surface area (Å²) < 4.78 is 1.76. The summed E-state index contributed by atoms with van der Waals surface area (Å²) in [5, 5.41) is 17.1. The highest BCUT2D eigenvalue weighted by molar-refractivity contribution is 5.88. The fraction of sp³-hybridized carbons (Fsp3) is 0.444. The van der Waals surface area contributed by atoms with Crippen LogP contribution in [-0.4, -0.2) is 38.5 Å². The predicted octanol–water partition coefficient (Wildman–Crippen LogP) is 3.27. The normalized spacial score (nSPS) is 12.2. The molecule has 2 rings (SSSR count). The van der Waals surface area contributed by atoms with Crippen LogP contribution in [0.2, 0.25) is 0 Å². The molecular formula is C18H26N4O2. The van der Waals surface area contributed by atoms with E-state index in [1.807, 2.05) is 51.1 Å². The fourth-order valence-electron chi connectivity index (χ4n) is 2.42. The lowest BCUT2D eigenvalue weighted by atomic mass is 10.2. The van der Waals surface area contributed by atoms with E-state index in [0.717, 1.165) is 5.56 Å². The van der Waals surface area contributed by atoms with Crippen molar-refractivity contribution >= 4 is 11.8 Å². The Morgan fingerprint density at radius 1 is 1.29 bits per heavy atom. The first-order valence-corrected chi connectivity index (χ1v) is 8.32. The van der Waals surface area contributed by atoms with Gasteiger partial charge >= 0.3 is 6.03 Å². The van der Waals surface area contributed by atoms with Crippen LogP contribution in [-0.2, 0) is 6.54 Å². The minimum atomic E-state index is -0.547. The second-order valence-corrected chi connectivity index (χ2v) is 6.11. The van der Waals surface area contributed by atoms with Gasteiger partial charge in [-0.05, 0) is 25.8 Å². The van der Waals surface area contributed by atoms with E-state index in [0.29, 0.717) is 18.8 Å². The molecule has 0 aliphatic heterocycles. The van der Waals surface area contributed by atoms with Crippen LogP contribution in [0.15, 0.2) is 42.6 Å². The number of amides is 2. The molecule has 2 aromatic rings. The summed E-state index contributed by atoms with van der Waals surface area (Å²) in [7, 11) is 0. The first kappa shape index (κ1) is 18.0. The summed E-state index contributed by atoms with van der Waals surface area (Å²) >= 11 is 0. The first-order chi connectivity index (χ1) is 11.5. The molecule has 0 radical (unpaired) electrons. The molecule has 1 aromatic carbocycles. The predicted molar refractivity (Wildman–Crippen MR) is 94.8 cm³/mol. The Morgan fingerprint density at radius 3 is 2.62 bits per heavy atom. The van der Waals surface area contributed by atoms with Crippen LogP contribution in [0.25, 0.3) is 0 Å². The Morgan fingerprint density at radius 2 is 2.00 bits per heavy atom. The molecule has 24 heavy (non-hydrogen) atoms. The number of hydrogen-bond acceptors (Lipinski definition) is 3. The largest absolute Gasteiger partial charge is 0.391 e. The topological polar surface area (TPSA) is 70.4 Å². The van der Waals surface area contributed by atoms with Gasteiger partial charge in [0.05, 0.1) is 12.3 Å². The molecule has 130 valence electrons. The highest BCUT2D eigenvalue weighted by atomic mass is 16.3. The summed E-state index contributed by atoms with van der Waals surface area (Å²) in [5.41, 5.74) is 1.02. The van der Waals surface area contributed by atoms with Crippen LogP contribution in [0.1, 0.15) is 38.8 Å². The summed E-state index contributed by atoms with van der Waals surface area (Å²) in [6.45, 7) is 6.64. The molecule has 0 aliphatic carbocycles. The number of aliphatic hydroxyl groups is 1. The molecule has 0 saturated carbocycles. The Hall–Kier alpha value is -2.34. The van der Waals surface area contributed by atoms with Crippen LogP contribution in [0.3, 0.4) is 0 Å². The van der Waals surface area contributed by atoms with Crippen molar-refractivity contribution in [3.8, 4) is 0 Å². The second kappa shape index (κ2) is 8.49. The molecule has 6 heteroatoms. The van der Waals surface area contributed by atoms with Crippen LogP contribution in [0, 0.1) is 0 Å². The lowest BCUT2D eigenvalue weighted by Gasteiger charge is -2.25. The standard InChI is InChI=1S/C18H26N4O2/c1-4-16(23)13-21(12-15-8-6-5-7-9-15)18(24)20-17-10-11-19-22(17)14(2)3/h5-11,14,16,23H,4,12-13H2,1-3H3,(H,20,24). The van der Waals surface area contributed by atoms with Crippen molar-refractivity contribution in [3.63, 3.8) is 0 Å². The highest BCUT2D eigenvalue weighted by Crippen LogP contribution is 2.15. The Bertz CT molecular complexity index is 639. The van der Waals surface area contributed by atoms with Gasteiger partial charge in [0.25, 0.3) is 0 Å². The van der Waals surface area contributed by atoms with E-state index >= 15 is 0 Å². The Kier molecular flexibility index (Phi) is 6.37. The molecular weight excluding hydrogens is 304 g/mol. The third kappa shape index (κ3) is 4.83. The molecule has 0 fully saturated rings. The number of aromatic nitrogens is 2. The summed E-state index contributed by atoms with van der Waals surface area (Å²) in [6, 6.07) is 11.4. The zero-order chi connectivity index (χ0) is 17.5. The third-order valence-electron chi connectivity index (χ3n) is 3.80. The molecule has 6 nitrogen and oxygen atoms in total. The average molecular weight is 330 g/mol. The van der Waals surface area contributed by atoms with E-state index in [1.165, 1.54) is 0 Å². The van der Waals surface area contributed by atoms with Crippen LogP contribution >= 0.6 is 0 Å². The average Bonchev–Trinajstić information content (AvgIpc) is 3.03. The quantitative estimate of drug-likeness (QED) is 0.818. The number of nitrogens with zero attached hydrogens (tertiary/aromatic N) is 3. The molecule has 0 aliphatic rings. The summed E-state index contributed by atoms with van der Waals surface area (Å²) in [5.74, 6) is 0.652. The minimum absolute atomic E-state index is 0.152. The fourth-order valence-corrected chi connectivity index (χ4v) is 2.42. The molecule has 1 atom stereocenters. The van der Waals surface area contributed by atoms with Gasteiger partial charge in [-0.3, -0.25) is 5.32 Å². The van der Waals surface area contributed by atoms with Gasteiger partial charge < -0.3 is 10.0 Å². The second-order valence-electron chi connectivity index (χ2n) is 6.11. The Labute approximate surface area is 143 Å². The number of carbonyl (C=O) groups is 1. The summed E-state index contributed by atoms with van der Waals surface area (Å²) in [6.07, 6.45) is 1.72. The number of aliphatic hydroxyl groups excluding tert-OH is 1. The number of urea groups is 1. The van der Waals surface area contributed by atoms with Gasteiger partial charge in [-0.25, -0.2) is 9.48 Å². The van der Waals surface area contributed by atoms with Crippen LogP contribution < -0.4 is 5.32 Å². The molecule has 1 unspecified atom stereocenters. The van der Waals surface area contributed by atoms with E-state index in [4.69, 9.17) is 0 Å². The van der Waals surface area contributed by atoms with E-state index in [9.17, 15) is 9.90 Å². The molecule has 1 aromatic heterocycles. The molecule has 2 amide bonds. The lowest BCUT2D eigenvalue weighted by Crippen LogP contribution is -2.40. The van der Waals surface area contributed by atoms with E-state index in [-0.39, 0.29) is 18.6 Å². The van der Waals surface area contributed by atoms with Crippen molar-refractivity contribution in [2.45, 2.75) is 45.9 Å². The number of rotatable bonds is 7. The van der Waals surface area contributed by atoms with Gasteiger partial charge in [0.2, 0.25) is 0 Å². The highest BCUT2D eigenvalue weighted by Gasteiger charge is 2.19. The van der Waals surface area contributed by atoms with Gasteiger partial charge in [0.1, 0.15) is 5.82 Å². The molecule has 0 saturated heterocycles. The molecule has 1 heterocycles. The third-order valence-corrected chi connectivity index (χ3v) is 3.80. The monoisotopic (exact) mass is 330 g/mol. The van der Waals surface area contributed by atoms with Crippen molar-refractivity contribution in [2.75, 3.05) is 11.9 Å². The first-order valence-electron chi connectivity index (χ1n) is 8.32. The zero-order valence-electron chi connectivity index (χ0n) is 14.5. The van der Waals surface area contributed by atoms with Gasteiger partial charge in [-0.2, -0.15) is 5.10 Å². The van der Waals surface area contributed by atoms with Gasteiger partial charge in [-0.1, -0.05) is 37.3 Å². The number of hydrogen-bond donors (Lipinski definition) is 2. The molecule has 2 N–H and O–H groups in total. The van der Waals surface area contributed by atoms with Gasteiger partial charge in [-0.15, -0.1) is 0 Å². The van der Waals surface area contributed by atoms with Crippen LogP contribution in [0.4, 0.5) is 10.6 Å². The van der Waals surface area contributed by atoms with Crippen molar-refractivity contribution in [1.29, 1.82) is 0 Å². The number of benzene rings is 1. The van der Waals surface area contributed by atoms with Gasteiger partial charge in [0.15, 0.2) is 0 Å². The number of anilines is 1. The van der Waals surface area contributed by atoms with Gasteiger partial charge in [0, 0.05) is 25.2 Å². The van der Waals surface area contributed by atoms with Crippen LogP contribution in [0.5, 0.6) is 0 Å². The van der Waals surface area contributed by atoms with E-state index < -0.39 is 6.10 Å². The molecule has 0 spiro atoms. The maximum absolute atomic E-state index is 12.7. The zero-order valence-corrected chi connectivity index (χ0v) is 14.5. The number of nitrogens with one attached hydrogen (secondary N) is 1. The molecule has 0 bridgehead atoms. The van der Waals surface area contributed by atoms with Crippen molar-refractivity contribution in [1.82, 2.24) is 14.7 Å². The summed E-state index contributed by atoms with van der Waals surface area (Å²) in [4.78, 5) is 14.3. The Balaban J connectivity index is 2.12. The van der Waals surface area contributed by atoms with E-state index in [2.05, 4.69) is 10.4 Å². The minimum Gasteiger partial charge on any atom is -0.391 e.